The molecule has 1 fully saturated rings. The highest BCUT2D eigenvalue weighted by molar-refractivity contribution is 5.32. The maximum Gasteiger partial charge on any atom is 0.255 e. The summed E-state index contributed by atoms with van der Waals surface area (Å²) in [6, 6.07) is 0.479. The number of hydrogen-bond donors (Lipinski definition) is 3. The molecule has 92 valence electrons. The Morgan fingerprint density at radius 3 is 2.94 bits per heavy atom. The van der Waals surface area contributed by atoms with Gasteiger partial charge in [-0.15, -0.1) is 0 Å². The van der Waals surface area contributed by atoms with Gasteiger partial charge in [0.1, 0.15) is 0 Å². The van der Waals surface area contributed by atoms with Gasteiger partial charge >= 0.3 is 0 Å². The van der Waals surface area contributed by atoms with Gasteiger partial charge in [-0.25, -0.2) is 4.98 Å². The normalized spacial score (nSPS) is 20.2. The van der Waals surface area contributed by atoms with Crippen LogP contribution >= 0.6 is 0 Å². The fraction of sp³-hybridized carbons (Fsp3) is 0.667. The Morgan fingerprint density at radius 2 is 2.12 bits per heavy atom. The van der Waals surface area contributed by atoms with E-state index in [1.807, 2.05) is 0 Å². The Kier molecular flexibility index (Phi) is 2.84. The lowest BCUT2D eigenvalue weighted by atomic mass is 10.1. The Balaban J connectivity index is 1.85. The minimum atomic E-state index is 0.0250. The molecule has 5 heteroatoms. The molecule has 1 aliphatic carbocycles. The van der Waals surface area contributed by atoms with Gasteiger partial charge in [0.05, 0.1) is 5.69 Å². The number of hydrogen-bond acceptors (Lipinski definition) is 4. The minimum absolute atomic E-state index is 0.0250. The lowest BCUT2D eigenvalue weighted by Gasteiger charge is -2.18. The molecule has 0 atom stereocenters. The van der Waals surface area contributed by atoms with E-state index in [4.69, 9.17) is 0 Å². The summed E-state index contributed by atoms with van der Waals surface area (Å²) in [5, 5.41) is 6.58. The van der Waals surface area contributed by atoms with Crippen molar-refractivity contribution in [2.45, 2.75) is 44.7 Å². The summed E-state index contributed by atoms with van der Waals surface area (Å²) in [6.07, 6.45) is 5.68. The van der Waals surface area contributed by atoms with Crippen molar-refractivity contribution in [1.29, 1.82) is 0 Å². The number of rotatable bonds is 2. The molecular formula is C12H18N4O. The van der Waals surface area contributed by atoms with Crippen LogP contribution in [0.15, 0.2) is 4.79 Å². The minimum Gasteiger partial charge on any atom is -0.353 e. The van der Waals surface area contributed by atoms with Gasteiger partial charge in [-0.2, -0.15) is 0 Å². The zero-order chi connectivity index (χ0) is 11.7. The van der Waals surface area contributed by atoms with Crippen LogP contribution in [0.3, 0.4) is 0 Å². The van der Waals surface area contributed by atoms with Crippen molar-refractivity contribution < 1.29 is 0 Å². The van der Waals surface area contributed by atoms with Crippen molar-refractivity contribution >= 4 is 5.95 Å². The average Bonchev–Trinajstić information content (AvgIpc) is 2.82. The van der Waals surface area contributed by atoms with Gasteiger partial charge in [-0.05, 0) is 25.8 Å². The molecule has 0 unspecified atom stereocenters. The smallest absolute Gasteiger partial charge is 0.255 e. The number of anilines is 1. The van der Waals surface area contributed by atoms with Crippen LogP contribution in [0.4, 0.5) is 5.95 Å². The summed E-state index contributed by atoms with van der Waals surface area (Å²) < 4.78 is 0. The molecule has 1 saturated carbocycles. The number of nitrogens with zero attached hydrogens (tertiary/aromatic N) is 1. The maximum absolute atomic E-state index is 11.9. The molecular weight excluding hydrogens is 216 g/mol. The van der Waals surface area contributed by atoms with Crippen LogP contribution in [0.5, 0.6) is 0 Å². The molecule has 5 nitrogen and oxygen atoms in total. The van der Waals surface area contributed by atoms with Gasteiger partial charge in [-0.1, -0.05) is 12.8 Å². The fourth-order valence-corrected chi connectivity index (χ4v) is 2.70. The van der Waals surface area contributed by atoms with Crippen LogP contribution in [0, 0.1) is 0 Å². The molecule has 17 heavy (non-hydrogen) atoms. The molecule has 0 spiro atoms. The molecule has 1 aliphatic heterocycles. The molecule has 2 aliphatic rings. The van der Waals surface area contributed by atoms with E-state index in [2.05, 4.69) is 20.6 Å². The highest BCUT2D eigenvalue weighted by atomic mass is 16.1. The van der Waals surface area contributed by atoms with E-state index >= 15 is 0 Å². The Hall–Kier alpha value is -1.36. The first-order valence-electron chi connectivity index (χ1n) is 6.42. The van der Waals surface area contributed by atoms with Gasteiger partial charge in [0.25, 0.3) is 5.56 Å². The van der Waals surface area contributed by atoms with E-state index in [1.54, 1.807) is 0 Å². The van der Waals surface area contributed by atoms with Crippen LogP contribution in [0.1, 0.15) is 36.9 Å². The van der Waals surface area contributed by atoms with Crippen molar-refractivity contribution in [3.05, 3.63) is 21.6 Å². The predicted molar refractivity (Wildman–Crippen MR) is 66.1 cm³/mol. The first-order chi connectivity index (χ1) is 8.33. The fourth-order valence-electron chi connectivity index (χ4n) is 2.70. The highest BCUT2D eigenvalue weighted by Crippen LogP contribution is 2.20. The summed E-state index contributed by atoms with van der Waals surface area (Å²) >= 11 is 0. The predicted octanol–water partition coefficient (Wildman–Crippen LogP) is 0.770. The van der Waals surface area contributed by atoms with Gasteiger partial charge in [0.2, 0.25) is 5.95 Å². The third-order valence-corrected chi connectivity index (χ3v) is 3.64. The molecule has 0 amide bonds. The maximum atomic E-state index is 11.9. The first-order valence-corrected chi connectivity index (χ1v) is 6.42. The number of H-pyrrole nitrogens is 1. The first kappa shape index (κ1) is 10.8. The van der Waals surface area contributed by atoms with E-state index in [1.165, 1.54) is 25.7 Å². The molecule has 2 heterocycles. The number of nitrogens with one attached hydrogen (secondary N) is 3. The average molecular weight is 234 g/mol. The molecule has 0 aromatic carbocycles. The zero-order valence-electron chi connectivity index (χ0n) is 9.88. The third kappa shape index (κ3) is 2.20. The van der Waals surface area contributed by atoms with E-state index in [9.17, 15) is 4.79 Å². The molecule has 1 aromatic heterocycles. The van der Waals surface area contributed by atoms with E-state index < -0.39 is 0 Å². The molecule has 0 bridgehead atoms. The molecule has 3 rings (SSSR count). The largest absolute Gasteiger partial charge is 0.353 e. The summed E-state index contributed by atoms with van der Waals surface area (Å²) in [7, 11) is 0. The second-order valence-electron chi connectivity index (χ2n) is 4.89. The van der Waals surface area contributed by atoms with Crippen LogP contribution in [-0.2, 0) is 13.0 Å². The standard InChI is InChI=1S/C12H18N4O/c17-11-9-5-6-13-7-10(9)15-12(16-11)14-8-3-1-2-4-8/h8,13H,1-7H2,(H2,14,15,16,17). The Bertz CT molecular complexity index is 462. The molecule has 0 saturated heterocycles. The van der Waals surface area contributed by atoms with Crippen molar-refractivity contribution in [3.63, 3.8) is 0 Å². The second kappa shape index (κ2) is 4.49. The summed E-state index contributed by atoms with van der Waals surface area (Å²) in [6.45, 7) is 1.58. The lowest BCUT2D eigenvalue weighted by molar-refractivity contribution is 0.617. The van der Waals surface area contributed by atoms with Crippen LogP contribution in [-0.4, -0.2) is 22.6 Å². The van der Waals surface area contributed by atoms with Gasteiger partial charge < -0.3 is 10.6 Å². The summed E-state index contributed by atoms with van der Waals surface area (Å²) in [5.74, 6) is 0.643. The highest BCUT2D eigenvalue weighted by Gasteiger charge is 2.18. The van der Waals surface area contributed by atoms with Gasteiger partial charge in [0.15, 0.2) is 0 Å². The van der Waals surface area contributed by atoms with Crippen molar-refractivity contribution in [3.8, 4) is 0 Å². The number of aromatic nitrogens is 2. The van der Waals surface area contributed by atoms with E-state index in [0.29, 0.717) is 18.5 Å². The number of fused-ring (bicyclic) bond motifs is 1. The van der Waals surface area contributed by atoms with Gasteiger partial charge in [-0.3, -0.25) is 9.78 Å². The topological polar surface area (TPSA) is 69.8 Å². The van der Waals surface area contributed by atoms with Crippen LogP contribution < -0.4 is 16.2 Å². The third-order valence-electron chi connectivity index (χ3n) is 3.64. The van der Waals surface area contributed by atoms with Crippen LogP contribution in [0.2, 0.25) is 0 Å². The van der Waals surface area contributed by atoms with Crippen molar-refractivity contribution in [2.75, 3.05) is 11.9 Å². The van der Waals surface area contributed by atoms with E-state index in [-0.39, 0.29) is 5.56 Å². The summed E-state index contributed by atoms with van der Waals surface area (Å²) in [4.78, 5) is 19.3. The number of aromatic amines is 1. The SMILES string of the molecule is O=c1[nH]c(NC2CCCC2)nc2c1CCNC2. The molecule has 3 N–H and O–H groups in total. The second-order valence-corrected chi connectivity index (χ2v) is 4.89. The quantitative estimate of drug-likeness (QED) is 0.707. The molecule has 1 aromatic rings. The summed E-state index contributed by atoms with van der Waals surface area (Å²) in [5.41, 5.74) is 1.78. The van der Waals surface area contributed by atoms with E-state index in [0.717, 1.165) is 24.2 Å². The van der Waals surface area contributed by atoms with Crippen molar-refractivity contribution in [1.82, 2.24) is 15.3 Å². The monoisotopic (exact) mass is 234 g/mol. The Morgan fingerprint density at radius 1 is 1.29 bits per heavy atom. The zero-order valence-corrected chi connectivity index (χ0v) is 9.88. The van der Waals surface area contributed by atoms with Gasteiger partial charge in [0, 0.05) is 18.2 Å². The lowest BCUT2D eigenvalue weighted by Crippen LogP contribution is -2.32. The van der Waals surface area contributed by atoms with Crippen molar-refractivity contribution in [2.24, 2.45) is 0 Å². The molecule has 0 radical (unpaired) electrons. The Labute approximate surface area is 100 Å². The van der Waals surface area contributed by atoms with Crippen LogP contribution in [0.25, 0.3) is 0 Å².